The number of aliphatic hydroxyl groups excluding tert-OH is 1. The third-order valence-corrected chi connectivity index (χ3v) is 3.29. The molecule has 0 amide bonds. The van der Waals surface area contributed by atoms with Crippen molar-refractivity contribution in [1.82, 2.24) is 10.1 Å². The van der Waals surface area contributed by atoms with E-state index in [1.165, 1.54) is 6.07 Å². The maximum absolute atomic E-state index is 13.6. The van der Waals surface area contributed by atoms with Crippen LogP contribution in [0.15, 0.2) is 22.7 Å². The van der Waals surface area contributed by atoms with E-state index < -0.39 is 11.9 Å². The summed E-state index contributed by atoms with van der Waals surface area (Å²) in [6, 6.07) is 4.50. The molecule has 0 aliphatic carbocycles. The van der Waals surface area contributed by atoms with Crippen molar-refractivity contribution >= 4 is 11.6 Å². The summed E-state index contributed by atoms with van der Waals surface area (Å²) in [6.07, 6.45) is 1.54. The van der Waals surface area contributed by atoms with E-state index in [2.05, 4.69) is 10.1 Å². The summed E-state index contributed by atoms with van der Waals surface area (Å²) in [5.74, 6) is 0.318. The number of hydrogen-bond donors (Lipinski definition) is 1. The molecule has 6 heteroatoms. The topological polar surface area (TPSA) is 59.2 Å². The first-order chi connectivity index (χ1) is 9.60. The predicted molar refractivity (Wildman–Crippen MR) is 73.1 cm³/mol. The highest BCUT2D eigenvalue weighted by atomic mass is 35.5. The number of aliphatic hydroxyl groups is 1. The van der Waals surface area contributed by atoms with Gasteiger partial charge in [-0.25, -0.2) is 4.39 Å². The Bertz CT molecular complexity index is 554. The van der Waals surface area contributed by atoms with Gasteiger partial charge in [-0.05, 0) is 18.6 Å². The average molecular weight is 299 g/mol. The Morgan fingerprint density at radius 3 is 2.95 bits per heavy atom. The van der Waals surface area contributed by atoms with Crippen LogP contribution in [-0.4, -0.2) is 21.4 Å². The molecule has 108 valence electrons. The van der Waals surface area contributed by atoms with Gasteiger partial charge in [-0.3, -0.25) is 0 Å². The highest BCUT2D eigenvalue weighted by Gasteiger charge is 2.14. The van der Waals surface area contributed by atoms with Gasteiger partial charge in [0.2, 0.25) is 5.89 Å². The van der Waals surface area contributed by atoms with Crippen LogP contribution >= 0.6 is 11.6 Å². The van der Waals surface area contributed by atoms with Crippen molar-refractivity contribution in [2.75, 3.05) is 0 Å². The van der Waals surface area contributed by atoms with Gasteiger partial charge in [0.15, 0.2) is 5.82 Å². The summed E-state index contributed by atoms with van der Waals surface area (Å²) in [6.45, 7) is 1.99. The monoisotopic (exact) mass is 298 g/mol. The highest BCUT2D eigenvalue weighted by molar-refractivity contribution is 6.31. The third-order valence-electron chi connectivity index (χ3n) is 2.94. The van der Waals surface area contributed by atoms with E-state index in [0.717, 1.165) is 6.42 Å². The first kappa shape index (κ1) is 14.9. The maximum atomic E-state index is 13.6. The molecule has 0 bridgehead atoms. The number of nitrogens with zero attached hydrogens (tertiary/aromatic N) is 2. The van der Waals surface area contributed by atoms with Crippen molar-refractivity contribution in [3.8, 4) is 0 Å². The van der Waals surface area contributed by atoms with Crippen molar-refractivity contribution in [2.45, 2.75) is 38.7 Å². The molecule has 1 aromatic carbocycles. The van der Waals surface area contributed by atoms with Gasteiger partial charge >= 0.3 is 0 Å². The van der Waals surface area contributed by atoms with Crippen molar-refractivity contribution in [1.29, 1.82) is 0 Å². The summed E-state index contributed by atoms with van der Waals surface area (Å²) in [7, 11) is 0. The first-order valence-corrected chi connectivity index (χ1v) is 6.90. The Morgan fingerprint density at radius 1 is 1.45 bits per heavy atom. The van der Waals surface area contributed by atoms with E-state index in [1.54, 1.807) is 12.1 Å². The van der Waals surface area contributed by atoms with Crippen LogP contribution < -0.4 is 0 Å². The number of halogens is 2. The number of rotatable bonds is 6. The number of hydrogen-bond acceptors (Lipinski definition) is 4. The molecular weight excluding hydrogens is 283 g/mol. The summed E-state index contributed by atoms with van der Waals surface area (Å²) in [4.78, 5) is 4.15. The molecular formula is C14H16ClFN2O2. The summed E-state index contributed by atoms with van der Waals surface area (Å²) in [5.41, 5.74) is 0.343. The SMILES string of the molecule is CCCC(O)Cc1nc(Cc2c(F)cccc2Cl)no1. The standard InChI is InChI=1S/C14H16ClFN2O2/c1-2-4-9(19)7-14-17-13(18-20-14)8-10-11(15)5-3-6-12(10)16/h3,5-6,9,19H,2,4,7-8H2,1H3. The van der Waals surface area contributed by atoms with Crippen LogP contribution in [0.5, 0.6) is 0 Å². The molecule has 0 aliphatic rings. The lowest BCUT2D eigenvalue weighted by Gasteiger charge is -2.04. The van der Waals surface area contributed by atoms with Gasteiger partial charge in [0.25, 0.3) is 0 Å². The Labute approximate surface area is 121 Å². The smallest absolute Gasteiger partial charge is 0.229 e. The van der Waals surface area contributed by atoms with Gasteiger partial charge in [-0.2, -0.15) is 4.98 Å². The number of benzene rings is 1. The molecule has 1 aromatic heterocycles. The zero-order valence-electron chi connectivity index (χ0n) is 11.1. The zero-order valence-corrected chi connectivity index (χ0v) is 11.9. The normalized spacial score (nSPS) is 12.6. The van der Waals surface area contributed by atoms with Crippen LogP contribution in [0.1, 0.15) is 37.0 Å². The van der Waals surface area contributed by atoms with E-state index in [4.69, 9.17) is 16.1 Å². The predicted octanol–water partition coefficient (Wildman–Crippen LogP) is 3.16. The second-order valence-corrected chi connectivity index (χ2v) is 5.04. The lowest BCUT2D eigenvalue weighted by molar-refractivity contribution is 0.151. The molecule has 0 saturated carbocycles. The Morgan fingerprint density at radius 2 is 2.25 bits per heavy atom. The molecule has 0 aliphatic heterocycles. The van der Waals surface area contributed by atoms with Crippen molar-refractivity contribution in [3.63, 3.8) is 0 Å². The van der Waals surface area contributed by atoms with Crippen LogP contribution in [0.2, 0.25) is 5.02 Å². The van der Waals surface area contributed by atoms with Crippen LogP contribution in [0.3, 0.4) is 0 Å². The fourth-order valence-corrected chi connectivity index (χ4v) is 2.17. The van der Waals surface area contributed by atoms with Gasteiger partial charge in [-0.1, -0.05) is 36.2 Å². The Hall–Kier alpha value is -1.46. The van der Waals surface area contributed by atoms with Gasteiger partial charge in [-0.15, -0.1) is 0 Å². The molecule has 2 rings (SSSR count). The van der Waals surface area contributed by atoms with E-state index in [9.17, 15) is 9.50 Å². The van der Waals surface area contributed by atoms with Gasteiger partial charge in [0.05, 0.1) is 12.5 Å². The zero-order chi connectivity index (χ0) is 14.5. The summed E-state index contributed by atoms with van der Waals surface area (Å²) < 4.78 is 18.7. The van der Waals surface area contributed by atoms with Crippen LogP contribution in [0.4, 0.5) is 4.39 Å². The molecule has 1 unspecified atom stereocenters. The molecule has 4 nitrogen and oxygen atoms in total. The molecule has 0 spiro atoms. The second-order valence-electron chi connectivity index (χ2n) is 4.63. The Kier molecular flexibility index (Phi) is 5.09. The van der Waals surface area contributed by atoms with Crippen molar-refractivity contribution < 1.29 is 14.0 Å². The first-order valence-electron chi connectivity index (χ1n) is 6.52. The minimum Gasteiger partial charge on any atom is -0.393 e. The van der Waals surface area contributed by atoms with Crippen LogP contribution in [0, 0.1) is 5.82 Å². The van der Waals surface area contributed by atoms with E-state index in [-0.39, 0.29) is 6.42 Å². The largest absolute Gasteiger partial charge is 0.393 e. The molecule has 0 radical (unpaired) electrons. The van der Waals surface area contributed by atoms with Crippen molar-refractivity contribution in [2.24, 2.45) is 0 Å². The van der Waals surface area contributed by atoms with Crippen LogP contribution in [0.25, 0.3) is 0 Å². The molecule has 1 atom stereocenters. The highest BCUT2D eigenvalue weighted by Crippen LogP contribution is 2.21. The van der Waals surface area contributed by atoms with Gasteiger partial charge in [0, 0.05) is 17.0 Å². The summed E-state index contributed by atoms with van der Waals surface area (Å²) in [5, 5.41) is 13.8. The van der Waals surface area contributed by atoms with Gasteiger partial charge in [0.1, 0.15) is 5.82 Å². The molecule has 0 saturated heterocycles. The average Bonchev–Trinajstić information content (AvgIpc) is 2.82. The minimum atomic E-state index is -0.495. The van der Waals surface area contributed by atoms with Crippen molar-refractivity contribution in [3.05, 3.63) is 46.3 Å². The summed E-state index contributed by atoms with van der Waals surface area (Å²) >= 11 is 5.95. The second kappa shape index (κ2) is 6.81. The van der Waals surface area contributed by atoms with Gasteiger partial charge < -0.3 is 9.63 Å². The quantitative estimate of drug-likeness (QED) is 0.890. The maximum Gasteiger partial charge on any atom is 0.229 e. The third kappa shape index (κ3) is 3.77. The fourth-order valence-electron chi connectivity index (χ4n) is 1.94. The van der Waals surface area contributed by atoms with E-state index in [0.29, 0.717) is 35.1 Å². The van der Waals surface area contributed by atoms with Crippen LogP contribution in [-0.2, 0) is 12.8 Å². The minimum absolute atomic E-state index is 0.166. The molecule has 2 aromatic rings. The van der Waals surface area contributed by atoms with E-state index >= 15 is 0 Å². The molecule has 1 heterocycles. The fraction of sp³-hybridized carbons (Fsp3) is 0.429. The molecule has 1 N–H and O–H groups in total. The molecule has 0 fully saturated rings. The van der Waals surface area contributed by atoms with E-state index in [1.807, 2.05) is 6.92 Å². The lowest BCUT2D eigenvalue weighted by atomic mass is 10.1. The Balaban J connectivity index is 2.06. The molecule has 20 heavy (non-hydrogen) atoms. The lowest BCUT2D eigenvalue weighted by Crippen LogP contribution is -2.10. The number of aromatic nitrogens is 2.